The van der Waals surface area contributed by atoms with Gasteiger partial charge in [0, 0.05) is 31.1 Å². The summed E-state index contributed by atoms with van der Waals surface area (Å²) in [4.78, 5) is 14.7. The van der Waals surface area contributed by atoms with Crippen LogP contribution < -0.4 is 0 Å². The number of thioether (sulfide) groups is 1. The lowest BCUT2D eigenvalue weighted by atomic mass is 10.3. The van der Waals surface area contributed by atoms with Crippen LogP contribution in [-0.2, 0) is 14.8 Å². The van der Waals surface area contributed by atoms with Crippen molar-refractivity contribution < 1.29 is 22.0 Å². The smallest absolute Gasteiger partial charge is 0.243 e. The lowest BCUT2D eigenvalue weighted by Crippen LogP contribution is -2.50. The molecule has 10 heteroatoms. The molecule has 1 saturated heterocycles. The summed E-state index contributed by atoms with van der Waals surface area (Å²) in [6, 6.07) is 8.92. The topological polar surface area (TPSA) is 57.7 Å². The molecule has 0 unspecified atom stereocenters. The third-order valence-corrected chi connectivity index (χ3v) is 7.48. The van der Waals surface area contributed by atoms with Crippen molar-refractivity contribution >= 4 is 39.3 Å². The minimum atomic E-state index is -3.72. The summed E-state index contributed by atoms with van der Waals surface area (Å²) in [6.45, 7) is 0.866. The number of halogens is 3. The third kappa shape index (κ3) is 4.83. The molecular formula is C18H17ClF2N2O3S2. The molecule has 0 aromatic heterocycles. The van der Waals surface area contributed by atoms with E-state index in [1.807, 2.05) is 0 Å². The molecule has 0 radical (unpaired) electrons. The highest BCUT2D eigenvalue weighted by Gasteiger charge is 2.30. The number of carbonyl (C=O) groups is 1. The maximum atomic E-state index is 13.2. The molecule has 0 bridgehead atoms. The van der Waals surface area contributed by atoms with Crippen LogP contribution in [0.25, 0.3) is 0 Å². The van der Waals surface area contributed by atoms with E-state index >= 15 is 0 Å². The number of hydrogen-bond acceptors (Lipinski definition) is 4. The quantitative estimate of drug-likeness (QED) is 0.661. The number of carbonyl (C=O) groups excluding carboxylic acids is 1. The molecule has 1 heterocycles. The van der Waals surface area contributed by atoms with Crippen LogP contribution in [0.15, 0.2) is 52.3 Å². The van der Waals surface area contributed by atoms with Gasteiger partial charge in [-0.3, -0.25) is 4.79 Å². The maximum Gasteiger partial charge on any atom is 0.243 e. The van der Waals surface area contributed by atoms with Crippen molar-refractivity contribution in [2.45, 2.75) is 9.79 Å². The van der Waals surface area contributed by atoms with E-state index in [0.29, 0.717) is 4.90 Å². The molecule has 2 aromatic carbocycles. The van der Waals surface area contributed by atoms with Gasteiger partial charge in [-0.1, -0.05) is 11.6 Å². The molecule has 1 aliphatic heterocycles. The fourth-order valence-corrected chi connectivity index (χ4v) is 5.24. The maximum absolute atomic E-state index is 13.2. The summed E-state index contributed by atoms with van der Waals surface area (Å²) in [5.74, 6) is -1.01. The van der Waals surface area contributed by atoms with E-state index in [1.54, 1.807) is 11.0 Å². The first-order chi connectivity index (χ1) is 13.3. The monoisotopic (exact) mass is 446 g/mol. The SMILES string of the molecule is O=C(CSc1ccc(F)c(Cl)c1)N1CCN(S(=O)(=O)c2ccc(F)cc2)CC1. The zero-order valence-electron chi connectivity index (χ0n) is 14.6. The molecule has 0 N–H and O–H groups in total. The predicted molar refractivity (Wildman–Crippen MR) is 104 cm³/mol. The van der Waals surface area contributed by atoms with E-state index in [1.165, 1.54) is 40.3 Å². The Morgan fingerprint density at radius 3 is 2.29 bits per heavy atom. The summed E-state index contributed by atoms with van der Waals surface area (Å²) >= 11 is 6.97. The van der Waals surface area contributed by atoms with Crippen LogP contribution in [0, 0.1) is 11.6 Å². The normalized spacial score (nSPS) is 15.6. The molecule has 0 aliphatic carbocycles. The molecule has 0 saturated carbocycles. The first-order valence-corrected chi connectivity index (χ1v) is 11.2. The van der Waals surface area contributed by atoms with Crippen LogP contribution in [0.3, 0.4) is 0 Å². The van der Waals surface area contributed by atoms with E-state index in [-0.39, 0.29) is 47.8 Å². The van der Waals surface area contributed by atoms with Crippen LogP contribution in [0.1, 0.15) is 0 Å². The molecule has 150 valence electrons. The predicted octanol–water partition coefficient (Wildman–Crippen LogP) is 3.24. The van der Waals surface area contributed by atoms with Crippen LogP contribution in [0.4, 0.5) is 8.78 Å². The molecule has 1 aliphatic rings. The van der Waals surface area contributed by atoms with Gasteiger partial charge in [0.15, 0.2) is 0 Å². The fourth-order valence-electron chi connectivity index (χ4n) is 2.74. The number of sulfonamides is 1. The van der Waals surface area contributed by atoms with Gasteiger partial charge in [0.05, 0.1) is 15.7 Å². The van der Waals surface area contributed by atoms with Gasteiger partial charge in [-0.25, -0.2) is 17.2 Å². The minimum Gasteiger partial charge on any atom is -0.339 e. The highest BCUT2D eigenvalue weighted by Crippen LogP contribution is 2.25. The molecule has 28 heavy (non-hydrogen) atoms. The van der Waals surface area contributed by atoms with Gasteiger partial charge in [-0.15, -0.1) is 11.8 Å². The molecule has 3 rings (SSSR count). The molecular weight excluding hydrogens is 430 g/mol. The van der Waals surface area contributed by atoms with Crippen LogP contribution >= 0.6 is 23.4 Å². The van der Waals surface area contributed by atoms with Gasteiger partial charge >= 0.3 is 0 Å². The van der Waals surface area contributed by atoms with Gasteiger partial charge in [-0.05, 0) is 42.5 Å². The molecule has 2 aromatic rings. The Morgan fingerprint density at radius 1 is 1.04 bits per heavy atom. The molecule has 1 amide bonds. The zero-order valence-corrected chi connectivity index (χ0v) is 17.0. The molecule has 0 spiro atoms. The summed E-state index contributed by atoms with van der Waals surface area (Å²) in [7, 11) is -3.72. The number of rotatable bonds is 5. The van der Waals surface area contributed by atoms with Gasteiger partial charge < -0.3 is 4.90 Å². The first-order valence-electron chi connectivity index (χ1n) is 8.39. The number of nitrogens with zero attached hydrogens (tertiary/aromatic N) is 2. The highest BCUT2D eigenvalue weighted by molar-refractivity contribution is 8.00. The van der Waals surface area contributed by atoms with Gasteiger partial charge in [0.2, 0.25) is 15.9 Å². The van der Waals surface area contributed by atoms with Crippen molar-refractivity contribution in [3.05, 3.63) is 59.1 Å². The lowest BCUT2D eigenvalue weighted by molar-refractivity contribution is -0.129. The number of piperazine rings is 1. The Balaban J connectivity index is 1.55. The minimum absolute atomic E-state index is 0.00272. The number of hydrogen-bond donors (Lipinski definition) is 0. The van der Waals surface area contributed by atoms with Crippen molar-refractivity contribution in [3.8, 4) is 0 Å². The van der Waals surface area contributed by atoms with Crippen LogP contribution in [-0.4, -0.2) is 55.5 Å². The number of benzene rings is 2. The van der Waals surface area contributed by atoms with Crippen molar-refractivity contribution in [3.63, 3.8) is 0 Å². The van der Waals surface area contributed by atoms with Crippen molar-refractivity contribution in [2.24, 2.45) is 0 Å². The molecule has 5 nitrogen and oxygen atoms in total. The Hall–Kier alpha value is -1.68. The van der Waals surface area contributed by atoms with Gasteiger partial charge in [0.1, 0.15) is 11.6 Å². The van der Waals surface area contributed by atoms with E-state index in [4.69, 9.17) is 11.6 Å². The average molecular weight is 447 g/mol. The Morgan fingerprint density at radius 2 is 1.68 bits per heavy atom. The van der Waals surface area contributed by atoms with E-state index < -0.39 is 21.7 Å². The van der Waals surface area contributed by atoms with Crippen molar-refractivity contribution in [2.75, 3.05) is 31.9 Å². The lowest BCUT2D eigenvalue weighted by Gasteiger charge is -2.34. The summed E-state index contributed by atoms with van der Waals surface area (Å²) in [5, 5.41) is -0.00272. The fraction of sp³-hybridized carbons (Fsp3) is 0.278. The molecule has 0 atom stereocenters. The number of amides is 1. The summed E-state index contributed by atoms with van der Waals surface area (Å²) in [5.41, 5.74) is 0. The largest absolute Gasteiger partial charge is 0.339 e. The Bertz CT molecular complexity index is 963. The standard InChI is InChI=1S/C18H17ClF2N2O3S2/c19-16-11-14(3-6-17(16)21)27-12-18(24)22-7-9-23(10-8-22)28(25,26)15-4-1-13(20)2-5-15/h1-6,11H,7-10,12H2. The first kappa shape index (κ1) is 21.0. The Labute approximate surface area is 171 Å². The third-order valence-electron chi connectivity index (χ3n) is 4.30. The van der Waals surface area contributed by atoms with Crippen LogP contribution in [0.2, 0.25) is 5.02 Å². The average Bonchev–Trinajstić information content (AvgIpc) is 2.69. The van der Waals surface area contributed by atoms with Crippen molar-refractivity contribution in [1.82, 2.24) is 9.21 Å². The molecule has 1 fully saturated rings. The second-order valence-electron chi connectivity index (χ2n) is 6.10. The van der Waals surface area contributed by atoms with E-state index in [0.717, 1.165) is 12.1 Å². The van der Waals surface area contributed by atoms with Crippen molar-refractivity contribution in [1.29, 1.82) is 0 Å². The summed E-state index contributed by atoms with van der Waals surface area (Å²) in [6.07, 6.45) is 0. The highest BCUT2D eigenvalue weighted by atomic mass is 35.5. The zero-order chi connectivity index (χ0) is 20.3. The van der Waals surface area contributed by atoms with E-state index in [9.17, 15) is 22.0 Å². The second kappa shape index (κ2) is 8.77. The van der Waals surface area contributed by atoms with E-state index in [2.05, 4.69) is 0 Å². The second-order valence-corrected chi connectivity index (χ2v) is 9.50. The summed E-state index contributed by atoms with van der Waals surface area (Å²) < 4.78 is 52.7. The van der Waals surface area contributed by atoms with Crippen LogP contribution in [0.5, 0.6) is 0 Å². The van der Waals surface area contributed by atoms with Gasteiger partial charge in [0.25, 0.3) is 0 Å². The Kier molecular flexibility index (Phi) is 6.59. The van der Waals surface area contributed by atoms with Gasteiger partial charge in [-0.2, -0.15) is 4.31 Å².